The normalized spacial score (nSPS) is 27.2. The standard InChI is InChI=1S/C13H15N3O3/c14-11(17)10-8(7-19-10)12(18)16-13(4-5-13)9-3-1-2-6-15-9/h1-3,6,8,10H,4-5,7H2,(H2,14,17)(H,16,18). The lowest BCUT2D eigenvalue weighted by atomic mass is 9.95. The van der Waals surface area contributed by atoms with Crippen LogP contribution in [-0.4, -0.2) is 29.5 Å². The second-order valence-electron chi connectivity index (χ2n) is 5.05. The number of pyridine rings is 1. The van der Waals surface area contributed by atoms with Crippen molar-refractivity contribution in [2.45, 2.75) is 24.5 Å². The molecule has 2 heterocycles. The van der Waals surface area contributed by atoms with Gasteiger partial charge >= 0.3 is 0 Å². The monoisotopic (exact) mass is 261 g/mol. The Balaban J connectivity index is 1.69. The Labute approximate surface area is 110 Å². The Morgan fingerprint density at radius 2 is 2.21 bits per heavy atom. The molecule has 2 unspecified atom stereocenters. The number of hydrogen-bond donors (Lipinski definition) is 2. The summed E-state index contributed by atoms with van der Waals surface area (Å²) in [5.74, 6) is -1.24. The Kier molecular flexibility index (Phi) is 2.74. The van der Waals surface area contributed by atoms with Crippen molar-refractivity contribution in [2.24, 2.45) is 11.7 Å². The maximum atomic E-state index is 12.1. The van der Waals surface area contributed by atoms with E-state index < -0.39 is 17.9 Å². The van der Waals surface area contributed by atoms with Gasteiger partial charge in [0.1, 0.15) is 6.10 Å². The molecule has 1 aliphatic heterocycles. The molecule has 0 aromatic carbocycles. The number of nitrogens with one attached hydrogen (secondary N) is 1. The smallest absolute Gasteiger partial charge is 0.247 e. The topological polar surface area (TPSA) is 94.3 Å². The van der Waals surface area contributed by atoms with Gasteiger partial charge in [-0.05, 0) is 25.0 Å². The van der Waals surface area contributed by atoms with Crippen LogP contribution in [0.1, 0.15) is 18.5 Å². The van der Waals surface area contributed by atoms with Crippen molar-refractivity contribution >= 4 is 11.8 Å². The molecule has 100 valence electrons. The molecule has 3 N–H and O–H groups in total. The van der Waals surface area contributed by atoms with Crippen molar-refractivity contribution in [1.29, 1.82) is 0 Å². The molecule has 1 saturated carbocycles. The van der Waals surface area contributed by atoms with Crippen molar-refractivity contribution in [2.75, 3.05) is 6.61 Å². The lowest BCUT2D eigenvalue weighted by Crippen LogP contribution is -2.56. The van der Waals surface area contributed by atoms with E-state index in [1.54, 1.807) is 6.20 Å². The quantitative estimate of drug-likeness (QED) is 0.777. The second-order valence-corrected chi connectivity index (χ2v) is 5.05. The van der Waals surface area contributed by atoms with Crippen LogP contribution in [-0.2, 0) is 19.9 Å². The van der Waals surface area contributed by atoms with Gasteiger partial charge in [-0.15, -0.1) is 0 Å². The summed E-state index contributed by atoms with van der Waals surface area (Å²) in [7, 11) is 0. The lowest BCUT2D eigenvalue weighted by Gasteiger charge is -2.34. The highest BCUT2D eigenvalue weighted by Crippen LogP contribution is 2.44. The van der Waals surface area contributed by atoms with Crippen molar-refractivity contribution in [1.82, 2.24) is 10.3 Å². The fraction of sp³-hybridized carbons (Fsp3) is 0.462. The zero-order chi connectivity index (χ0) is 13.5. The molecular formula is C13H15N3O3. The molecule has 1 aromatic rings. The number of aromatic nitrogens is 1. The number of rotatable bonds is 4. The molecule has 19 heavy (non-hydrogen) atoms. The van der Waals surface area contributed by atoms with Gasteiger partial charge in [0, 0.05) is 6.20 Å². The molecule has 1 aromatic heterocycles. The molecule has 0 bridgehead atoms. The molecule has 6 heteroatoms. The number of ether oxygens (including phenoxy) is 1. The van der Waals surface area contributed by atoms with E-state index in [0.717, 1.165) is 18.5 Å². The average molecular weight is 261 g/mol. The number of carbonyl (C=O) groups excluding carboxylic acids is 2. The van der Waals surface area contributed by atoms with Gasteiger partial charge in [-0.25, -0.2) is 0 Å². The molecular weight excluding hydrogens is 246 g/mol. The summed E-state index contributed by atoms with van der Waals surface area (Å²) in [5, 5.41) is 2.98. The van der Waals surface area contributed by atoms with Crippen LogP contribution in [0.4, 0.5) is 0 Å². The Bertz CT molecular complexity index is 513. The summed E-state index contributed by atoms with van der Waals surface area (Å²) < 4.78 is 5.02. The highest BCUT2D eigenvalue weighted by atomic mass is 16.5. The molecule has 2 amide bonds. The van der Waals surface area contributed by atoms with Gasteiger partial charge in [-0.1, -0.05) is 6.07 Å². The van der Waals surface area contributed by atoms with Gasteiger partial charge in [-0.3, -0.25) is 14.6 Å². The SMILES string of the molecule is NC(=O)C1OCC1C(=O)NC1(c2ccccn2)CC1. The largest absolute Gasteiger partial charge is 0.367 e. The van der Waals surface area contributed by atoms with Crippen molar-refractivity contribution < 1.29 is 14.3 Å². The molecule has 1 aliphatic carbocycles. The lowest BCUT2D eigenvalue weighted by molar-refractivity contribution is -0.168. The molecule has 2 aliphatic rings. The summed E-state index contributed by atoms with van der Waals surface area (Å²) in [4.78, 5) is 27.5. The molecule has 2 atom stereocenters. The minimum absolute atomic E-state index is 0.182. The van der Waals surface area contributed by atoms with Gasteiger partial charge < -0.3 is 15.8 Å². The van der Waals surface area contributed by atoms with Crippen molar-refractivity contribution in [3.05, 3.63) is 30.1 Å². The Hall–Kier alpha value is -1.95. The maximum Gasteiger partial charge on any atom is 0.247 e. The van der Waals surface area contributed by atoms with Crippen LogP contribution < -0.4 is 11.1 Å². The van der Waals surface area contributed by atoms with Gasteiger partial charge in [0.05, 0.1) is 23.8 Å². The highest BCUT2D eigenvalue weighted by Gasteiger charge is 2.50. The minimum atomic E-state index is -0.792. The van der Waals surface area contributed by atoms with Gasteiger partial charge in [0.25, 0.3) is 0 Å². The summed E-state index contributed by atoms with van der Waals surface area (Å²) in [6, 6.07) is 5.63. The van der Waals surface area contributed by atoms with E-state index in [-0.39, 0.29) is 18.1 Å². The van der Waals surface area contributed by atoms with Crippen molar-refractivity contribution in [3.63, 3.8) is 0 Å². The molecule has 6 nitrogen and oxygen atoms in total. The zero-order valence-corrected chi connectivity index (χ0v) is 10.3. The minimum Gasteiger partial charge on any atom is -0.367 e. The van der Waals surface area contributed by atoms with Crippen LogP contribution in [0.15, 0.2) is 24.4 Å². The van der Waals surface area contributed by atoms with Crippen molar-refractivity contribution in [3.8, 4) is 0 Å². The van der Waals surface area contributed by atoms with E-state index in [1.807, 2.05) is 18.2 Å². The predicted molar refractivity (Wildman–Crippen MR) is 65.7 cm³/mol. The van der Waals surface area contributed by atoms with E-state index in [9.17, 15) is 9.59 Å². The third-order valence-electron chi connectivity index (χ3n) is 3.71. The Morgan fingerprint density at radius 1 is 1.42 bits per heavy atom. The highest BCUT2D eigenvalue weighted by molar-refractivity contribution is 5.90. The maximum absolute atomic E-state index is 12.1. The molecule has 0 spiro atoms. The number of nitrogens with two attached hydrogens (primary N) is 1. The van der Waals surface area contributed by atoms with Crippen LogP contribution in [0.3, 0.4) is 0 Å². The van der Waals surface area contributed by atoms with E-state index in [2.05, 4.69) is 10.3 Å². The molecule has 3 rings (SSSR count). The van der Waals surface area contributed by atoms with Crippen LogP contribution in [0.2, 0.25) is 0 Å². The molecule has 0 radical (unpaired) electrons. The third-order valence-corrected chi connectivity index (χ3v) is 3.71. The fourth-order valence-corrected chi connectivity index (χ4v) is 2.33. The number of primary amides is 1. The Morgan fingerprint density at radius 3 is 2.68 bits per heavy atom. The molecule has 2 fully saturated rings. The van der Waals surface area contributed by atoms with E-state index in [4.69, 9.17) is 10.5 Å². The number of carbonyl (C=O) groups is 2. The number of amides is 2. The first-order valence-electron chi connectivity index (χ1n) is 6.27. The van der Waals surface area contributed by atoms with Crippen LogP contribution >= 0.6 is 0 Å². The predicted octanol–water partition coefficient (Wildman–Crippen LogP) is -0.313. The van der Waals surface area contributed by atoms with E-state index in [0.29, 0.717) is 0 Å². The van der Waals surface area contributed by atoms with E-state index >= 15 is 0 Å². The average Bonchev–Trinajstić information content (AvgIpc) is 3.08. The molecule has 1 saturated heterocycles. The van der Waals surface area contributed by atoms with E-state index in [1.165, 1.54) is 0 Å². The first-order chi connectivity index (χ1) is 9.12. The number of nitrogens with zero attached hydrogens (tertiary/aromatic N) is 1. The van der Waals surface area contributed by atoms with Crippen LogP contribution in [0.25, 0.3) is 0 Å². The van der Waals surface area contributed by atoms with Crippen LogP contribution in [0.5, 0.6) is 0 Å². The first-order valence-corrected chi connectivity index (χ1v) is 6.27. The zero-order valence-electron chi connectivity index (χ0n) is 10.3. The number of hydrogen-bond acceptors (Lipinski definition) is 4. The third kappa shape index (κ3) is 2.08. The summed E-state index contributed by atoms with van der Waals surface area (Å²) in [6.07, 6.45) is 2.65. The fourth-order valence-electron chi connectivity index (χ4n) is 2.33. The van der Waals surface area contributed by atoms with Crippen LogP contribution in [0, 0.1) is 5.92 Å². The summed E-state index contributed by atoms with van der Waals surface area (Å²) >= 11 is 0. The second kappa shape index (κ2) is 4.31. The van der Waals surface area contributed by atoms with Gasteiger partial charge in [0.2, 0.25) is 11.8 Å². The van der Waals surface area contributed by atoms with Gasteiger partial charge in [0.15, 0.2) is 0 Å². The first kappa shape index (κ1) is 12.1. The summed E-state index contributed by atoms with van der Waals surface area (Å²) in [5.41, 5.74) is 5.66. The van der Waals surface area contributed by atoms with Gasteiger partial charge in [-0.2, -0.15) is 0 Å². The summed E-state index contributed by atoms with van der Waals surface area (Å²) in [6.45, 7) is 0.248.